The van der Waals surface area contributed by atoms with E-state index in [1.807, 2.05) is 0 Å². The summed E-state index contributed by atoms with van der Waals surface area (Å²) in [6.07, 6.45) is 0. The van der Waals surface area contributed by atoms with E-state index in [1.165, 1.54) is 21.5 Å². The highest BCUT2D eigenvalue weighted by Crippen LogP contribution is 2.57. The van der Waals surface area contributed by atoms with Crippen molar-refractivity contribution in [2.75, 3.05) is 0 Å². The smallest absolute Gasteiger partial charge is 0.418 e. The molecule has 3 aromatic rings. The van der Waals surface area contributed by atoms with Crippen LogP contribution in [0.3, 0.4) is 0 Å². The Bertz CT molecular complexity index is 772. The number of hydrogen-bond donors (Lipinski definition) is 0. The molecular weight excluding hydrogens is 382 g/mol. The molecule has 0 N–H and O–H groups in total. The fourth-order valence-corrected chi connectivity index (χ4v) is 7.09. The molecule has 0 fully saturated rings. The summed E-state index contributed by atoms with van der Waals surface area (Å²) in [5.41, 5.74) is 1.36. The minimum absolute atomic E-state index is 1.36. The lowest BCUT2D eigenvalue weighted by molar-refractivity contribution is 0.368. The Morgan fingerprint density at radius 3 is 1.07 bits per heavy atom. The highest BCUT2D eigenvalue weighted by Gasteiger charge is 2.43. The van der Waals surface area contributed by atoms with Gasteiger partial charge < -0.3 is 17.3 Å². The minimum atomic E-state index is -6.00. The van der Waals surface area contributed by atoms with Gasteiger partial charge in [-0.25, -0.2) is 0 Å². The first kappa shape index (κ1) is 21.9. The van der Waals surface area contributed by atoms with Crippen molar-refractivity contribution in [2.24, 2.45) is 0 Å². The van der Waals surface area contributed by atoms with Crippen molar-refractivity contribution in [3.8, 4) is 0 Å². The van der Waals surface area contributed by atoms with Gasteiger partial charge in [0.15, 0.2) is 0 Å². The molecule has 0 nitrogen and oxygen atoms in total. The molecule has 3 rings (SSSR count). The summed E-state index contributed by atoms with van der Waals surface area (Å²) in [4.78, 5) is 0. The van der Waals surface area contributed by atoms with Crippen LogP contribution < -0.4 is 15.9 Å². The summed E-state index contributed by atoms with van der Waals surface area (Å²) >= 11 is 0. The number of rotatable bonds is 4. The van der Waals surface area contributed by atoms with Crippen molar-refractivity contribution in [1.82, 2.24) is 0 Å². The van der Waals surface area contributed by atoms with Gasteiger partial charge >= 0.3 is 7.25 Å². The van der Waals surface area contributed by atoms with E-state index in [1.54, 1.807) is 0 Å². The van der Waals surface area contributed by atoms with Crippen molar-refractivity contribution in [3.05, 3.63) is 102 Å². The van der Waals surface area contributed by atoms with Gasteiger partial charge in [-0.2, -0.15) is 0 Å². The van der Waals surface area contributed by atoms with E-state index in [2.05, 4.69) is 111 Å². The predicted molar refractivity (Wildman–Crippen MR) is 115 cm³/mol. The Labute approximate surface area is 164 Å². The van der Waals surface area contributed by atoms with Gasteiger partial charge in [-0.15, -0.1) is 0 Å². The van der Waals surface area contributed by atoms with Crippen LogP contribution >= 0.6 is 7.26 Å². The zero-order chi connectivity index (χ0) is 20.6. The third-order valence-electron chi connectivity index (χ3n) is 3.94. The van der Waals surface area contributed by atoms with Gasteiger partial charge in [0.05, 0.1) is 5.82 Å². The lowest BCUT2D eigenvalue weighted by Gasteiger charge is -2.24. The summed E-state index contributed by atoms with van der Waals surface area (Å²) in [5.74, 6) is 2.49. The molecule has 3 aromatic carbocycles. The summed E-state index contributed by atoms with van der Waals surface area (Å²) in [5, 5.41) is 4.20. The summed E-state index contributed by atoms with van der Waals surface area (Å²) < 4.78 is 39.0. The number of allylic oxidation sites excluding steroid dienone is 1. The molecule has 28 heavy (non-hydrogen) atoms. The Kier molecular flexibility index (Phi) is 7.59. The fourth-order valence-electron chi connectivity index (χ4n) is 3.05. The van der Waals surface area contributed by atoms with Crippen LogP contribution in [0.1, 0.15) is 13.8 Å². The topological polar surface area (TPSA) is 0 Å². The molecule has 0 spiro atoms. The maximum absolute atomic E-state index is 9.75. The van der Waals surface area contributed by atoms with E-state index in [0.717, 1.165) is 0 Å². The van der Waals surface area contributed by atoms with Gasteiger partial charge in [-0.3, -0.25) is 0 Å². The maximum atomic E-state index is 9.75. The molecule has 0 saturated carbocycles. The number of hydrogen-bond acceptors (Lipinski definition) is 0. The van der Waals surface area contributed by atoms with Crippen molar-refractivity contribution in [1.29, 1.82) is 0 Å². The molecular formula is C22H22BF4P. The predicted octanol–water partition coefficient (Wildman–Crippen LogP) is 6.20. The standard InChI is InChI=1S/C22H22P.BF4/c1-19(2)18-23(20-12-6-3-7-13-20,21-14-8-4-9-15-21)22-16-10-5-11-17-22;2-1(3,4)5/h3-18H,1-2H3;/q+1;-1. The van der Waals surface area contributed by atoms with Crippen molar-refractivity contribution >= 4 is 30.4 Å². The zero-order valence-corrected chi connectivity index (χ0v) is 16.7. The highest BCUT2D eigenvalue weighted by atomic mass is 31.2. The van der Waals surface area contributed by atoms with E-state index in [9.17, 15) is 17.3 Å². The van der Waals surface area contributed by atoms with Crippen LogP contribution in [0, 0.1) is 0 Å². The van der Waals surface area contributed by atoms with Crippen LogP contribution in [-0.2, 0) is 0 Å². The first-order chi connectivity index (χ1) is 13.2. The molecule has 146 valence electrons. The second kappa shape index (κ2) is 9.70. The zero-order valence-electron chi connectivity index (χ0n) is 15.8. The third-order valence-corrected chi connectivity index (χ3v) is 8.18. The van der Waals surface area contributed by atoms with Crippen LogP contribution in [0.25, 0.3) is 0 Å². The monoisotopic (exact) mass is 404 g/mol. The van der Waals surface area contributed by atoms with E-state index in [-0.39, 0.29) is 0 Å². The van der Waals surface area contributed by atoms with Crippen molar-refractivity contribution in [3.63, 3.8) is 0 Å². The quantitative estimate of drug-likeness (QED) is 0.276. The van der Waals surface area contributed by atoms with E-state index < -0.39 is 14.5 Å². The lowest BCUT2D eigenvalue weighted by Crippen LogP contribution is -2.29. The fraction of sp³-hybridized carbons (Fsp3) is 0.0909. The Hall–Kier alpha value is -2.39. The first-order valence-electron chi connectivity index (χ1n) is 8.82. The van der Waals surface area contributed by atoms with Crippen LogP contribution in [0.5, 0.6) is 0 Å². The molecule has 0 radical (unpaired) electrons. The van der Waals surface area contributed by atoms with Crippen LogP contribution in [0.2, 0.25) is 0 Å². The minimum Gasteiger partial charge on any atom is -0.418 e. The van der Waals surface area contributed by atoms with Gasteiger partial charge in [-0.1, -0.05) is 54.6 Å². The van der Waals surface area contributed by atoms with Gasteiger partial charge in [0, 0.05) is 0 Å². The molecule has 0 aromatic heterocycles. The van der Waals surface area contributed by atoms with Crippen molar-refractivity contribution < 1.29 is 17.3 Å². The average molecular weight is 404 g/mol. The van der Waals surface area contributed by atoms with Gasteiger partial charge in [-0.05, 0) is 55.8 Å². The molecule has 0 heterocycles. The molecule has 0 aliphatic carbocycles. The second-order valence-electron chi connectivity index (χ2n) is 6.43. The van der Waals surface area contributed by atoms with Crippen LogP contribution in [-0.4, -0.2) is 7.25 Å². The molecule has 0 saturated heterocycles. The maximum Gasteiger partial charge on any atom is 0.673 e. The van der Waals surface area contributed by atoms with Crippen LogP contribution in [0.4, 0.5) is 17.3 Å². The Morgan fingerprint density at radius 1 is 0.607 bits per heavy atom. The number of benzene rings is 3. The Balaban J connectivity index is 0.000000500. The Morgan fingerprint density at radius 2 is 0.857 bits per heavy atom. The first-order valence-corrected chi connectivity index (χ1v) is 10.7. The van der Waals surface area contributed by atoms with Gasteiger partial charge in [0.25, 0.3) is 0 Å². The summed E-state index contributed by atoms with van der Waals surface area (Å²) in [6.45, 7) is 4.40. The van der Waals surface area contributed by atoms with E-state index >= 15 is 0 Å². The van der Waals surface area contributed by atoms with Crippen molar-refractivity contribution in [2.45, 2.75) is 13.8 Å². The molecule has 0 bridgehead atoms. The van der Waals surface area contributed by atoms with Gasteiger partial charge in [0.1, 0.15) is 23.2 Å². The van der Waals surface area contributed by atoms with Crippen LogP contribution in [0.15, 0.2) is 102 Å². The third kappa shape index (κ3) is 6.07. The van der Waals surface area contributed by atoms with E-state index in [4.69, 9.17) is 0 Å². The average Bonchev–Trinajstić information content (AvgIpc) is 2.67. The second-order valence-corrected chi connectivity index (χ2v) is 9.68. The van der Waals surface area contributed by atoms with E-state index in [0.29, 0.717) is 0 Å². The number of halogens is 4. The highest BCUT2D eigenvalue weighted by molar-refractivity contribution is 7.98. The SMILES string of the molecule is CC(C)=C[P+](c1ccccc1)(c1ccccc1)c1ccccc1.F[B-](F)(F)F. The molecule has 6 heteroatoms. The summed E-state index contributed by atoms with van der Waals surface area (Å²) in [7, 11) is -7.77. The van der Waals surface area contributed by atoms with Gasteiger partial charge in [0.2, 0.25) is 0 Å². The molecule has 0 unspecified atom stereocenters. The lowest BCUT2D eigenvalue weighted by atomic mass is 10.3. The molecule has 0 aliphatic rings. The largest absolute Gasteiger partial charge is 0.673 e. The summed E-state index contributed by atoms with van der Waals surface area (Å²) in [6, 6.07) is 32.8. The molecule has 0 atom stereocenters. The molecule has 0 amide bonds. The normalized spacial score (nSPS) is 11.2. The molecule has 0 aliphatic heterocycles.